The number of nitrogens with one attached hydrogen (secondary N) is 1. The van der Waals surface area contributed by atoms with Crippen LogP contribution >= 0.6 is 0 Å². The van der Waals surface area contributed by atoms with Gasteiger partial charge in [0.1, 0.15) is 5.75 Å². The number of carbonyl (C=O) groups is 1. The topological polar surface area (TPSA) is 56.1 Å². The number of halogens is 3. The summed E-state index contributed by atoms with van der Waals surface area (Å²) in [6, 6.07) is 17.0. The van der Waals surface area contributed by atoms with Crippen LogP contribution < -0.4 is 10.1 Å². The Morgan fingerprint density at radius 3 is 2.56 bits per heavy atom. The van der Waals surface area contributed by atoms with Crippen molar-refractivity contribution in [3.63, 3.8) is 0 Å². The summed E-state index contributed by atoms with van der Waals surface area (Å²) in [5, 5.41) is 6.77. The Hall–Kier alpha value is -3.29. The van der Waals surface area contributed by atoms with E-state index in [2.05, 4.69) is 15.2 Å². The molecule has 0 saturated heterocycles. The van der Waals surface area contributed by atoms with Crippen LogP contribution in [-0.4, -0.2) is 22.6 Å². The maximum Gasteiger partial charge on any atom is 0.573 e. The fraction of sp³-hybridized carbons (Fsp3) is 0.158. The van der Waals surface area contributed by atoms with Crippen LogP contribution in [0.5, 0.6) is 5.75 Å². The van der Waals surface area contributed by atoms with E-state index in [1.165, 1.54) is 18.2 Å². The molecule has 1 aromatic heterocycles. The predicted octanol–water partition coefficient (Wildman–Crippen LogP) is 4.26. The molecule has 5 nitrogen and oxygen atoms in total. The minimum absolute atomic E-state index is 0.315. The first-order chi connectivity index (χ1) is 12.9. The van der Waals surface area contributed by atoms with Gasteiger partial charge in [-0.2, -0.15) is 5.10 Å². The Kier molecular flexibility index (Phi) is 5.44. The highest BCUT2D eigenvalue weighted by atomic mass is 19.4. The molecule has 0 spiro atoms. The second-order valence-electron chi connectivity index (χ2n) is 5.71. The van der Waals surface area contributed by atoms with E-state index in [1.807, 2.05) is 30.3 Å². The molecule has 3 rings (SSSR count). The van der Waals surface area contributed by atoms with Gasteiger partial charge in [-0.15, -0.1) is 13.2 Å². The lowest BCUT2D eigenvalue weighted by molar-refractivity contribution is -0.274. The zero-order valence-electron chi connectivity index (χ0n) is 14.1. The van der Waals surface area contributed by atoms with E-state index in [-0.39, 0.29) is 5.75 Å². The lowest BCUT2D eigenvalue weighted by Crippen LogP contribution is -2.17. The van der Waals surface area contributed by atoms with E-state index in [9.17, 15) is 18.0 Å². The van der Waals surface area contributed by atoms with Crippen molar-refractivity contribution in [2.24, 2.45) is 0 Å². The number of amides is 1. The van der Waals surface area contributed by atoms with Gasteiger partial charge in [-0.25, -0.2) is 0 Å². The molecule has 0 bridgehead atoms. The van der Waals surface area contributed by atoms with Crippen LogP contribution in [0.15, 0.2) is 60.7 Å². The number of hydrogen-bond donors (Lipinski definition) is 1. The highest BCUT2D eigenvalue weighted by molar-refractivity contribution is 5.73. The van der Waals surface area contributed by atoms with E-state index in [0.29, 0.717) is 36.5 Å². The number of hydrogen-bond acceptors (Lipinski definition) is 3. The third-order valence-electron chi connectivity index (χ3n) is 3.81. The smallest absolute Gasteiger partial charge is 0.406 e. The van der Waals surface area contributed by atoms with Gasteiger partial charge < -0.3 is 10.1 Å². The number of benzene rings is 2. The lowest BCUT2D eigenvalue weighted by Gasteiger charge is -2.11. The largest absolute Gasteiger partial charge is 0.573 e. The number of anilines is 1. The van der Waals surface area contributed by atoms with Crippen LogP contribution in [0.1, 0.15) is 5.56 Å². The zero-order valence-corrected chi connectivity index (χ0v) is 14.1. The summed E-state index contributed by atoms with van der Waals surface area (Å²) < 4.78 is 43.1. The molecule has 0 saturated carbocycles. The van der Waals surface area contributed by atoms with Gasteiger partial charge in [0.05, 0.1) is 5.69 Å². The Labute approximate surface area is 153 Å². The van der Waals surface area contributed by atoms with Gasteiger partial charge in [0.15, 0.2) is 5.82 Å². The highest BCUT2D eigenvalue weighted by Crippen LogP contribution is 2.29. The number of aromatic nitrogens is 2. The number of ether oxygens (including phenoxy) is 1. The standard InChI is InChI=1S/C19H16F3N3O2/c20-19(21,22)27-16-8-4-7-15(11-16)17-12-18(23-13-26)24-25(17)10-9-14-5-2-1-3-6-14/h1-8,11-13H,9-10H2,(H,23,24,26). The van der Waals surface area contributed by atoms with E-state index in [0.717, 1.165) is 5.56 Å². The molecule has 0 aliphatic heterocycles. The van der Waals surface area contributed by atoms with Crippen molar-refractivity contribution in [1.82, 2.24) is 9.78 Å². The van der Waals surface area contributed by atoms with Gasteiger partial charge in [0.2, 0.25) is 6.41 Å². The molecule has 0 aliphatic rings. The van der Waals surface area contributed by atoms with Gasteiger partial charge in [0, 0.05) is 18.2 Å². The second-order valence-corrected chi connectivity index (χ2v) is 5.71. The molecule has 0 fully saturated rings. The van der Waals surface area contributed by atoms with Crippen molar-refractivity contribution in [2.75, 3.05) is 5.32 Å². The van der Waals surface area contributed by atoms with Crippen LogP contribution in [-0.2, 0) is 17.8 Å². The van der Waals surface area contributed by atoms with Crippen LogP contribution in [0.4, 0.5) is 19.0 Å². The van der Waals surface area contributed by atoms with Crippen LogP contribution in [0.25, 0.3) is 11.3 Å². The molecule has 1 N–H and O–H groups in total. The summed E-state index contributed by atoms with van der Waals surface area (Å²) >= 11 is 0. The fourth-order valence-electron chi connectivity index (χ4n) is 2.68. The number of nitrogens with zero attached hydrogens (tertiary/aromatic N) is 2. The molecule has 1 heterocycles. The molecular weight excluding hydrogens is 359 g/mol. The number of alkyl halides is 3. The van der Waals surface area contributed by atoms with Crippen LogP contribution in [0.3, 0.4) is 0 Å². The first-order valence-electron chi connectivity index (χ1n) is 8.13. The normalized spacial score (nSPS) is 11.2. The Morgan fingerprint density at radius 1 is 1.07 bits per heavy atom. The molecule has 2 aromatic carbocycles. The first-order valence-corrected chi connectivity index (χ1v) is 8.13. The van der Waals surface area contributed by atoms with Crippen molar-refractivity contribution in [2.45, 2.75) is 19.3 Å². The molecule has 0 atom stereocenters. The molecule has 27 heavy (non-hydrogen) atoms. The monoisotopic (exact) mass is 375 g/mol. The number of rotatable bonds is 7. The minimum atomic E-state index is -4.77. The highest BCUT2D eigenvalue weighted by Gasteiger charge is 2.31. The quantitative estimate of drug-likeness (QED) is 0.628. The molecule has 140 valence electrons. The fourth-order valence-corrected chi connectivity index (χ4v) is 2.68. The molecule has 1 amide bonds. The first kappa shape index (κ1) is 18.5. The second kappa shape index (κ2) is 7.94. The number of aryl methyl sites for hydroxylation is 2. The average Bonchev–Trinajstić information content (AvgIpc) is 3.03. The van der Waals surface area contributed by atoms with Crippen LogP contribution in [0.2, 0.25) is 0 Å². The van der Waals surface area contributed by atoms with E-state index in [4.69, 9.17) is 0 Å². The maximum absolute atomic E-state index is 12.5. The third-order valence-corrected chi connectivity index (χ3v) is 3.81. The molecule has 8 heteroatoms. The summed E-state index contributed by atoms with van der Waals surface area (Å²) in [5.41, 5.74) is 2.16. The summed E-state index contributed by atoms with van der Waals surface area (Å²) in [6.45, 7) is 0.490. The summed E-state index contributed by atoms with van der Waals surface area (Å²) in [5.74, 6) is -0.00379. The SMILES string of the molecule is O=CNc1cc(-c2cccc(OC(F)(F)F)c2)n(CCc2ccccc2)n1. The van der Waals surface area contributed by atoms with Gasteiger partial charge in [-0.3, -0.25) is 9.48 Å². The minimum Gasteiger partial charge on any atom is -0.406 e. The van der Waals surface area contributed by atoms with Gasteiger partial charge in [-0.1, -0.05) is 42.5 Å². The average molecular weight is 375 g/mol. The molecule has 0 unspecified atom stereocenters. The third kappa shape index (κ3) is 5.10. The Balaban J connectivity index is 1.89. The van der Waals surface area contributed by atoms with E-state index < -0.39 is 6.36 Å². The molecular formula is C19H16F3N3O2. The van der Waals surface area contributed by atoms with Gasteiger partial charge in [-0.05, 0) is 24.1 Å². The van der Waals surface area contributed by atoms with Crippen molar-refractivity contribution in [3.8, 4) is 17.0 Å². The van der Waals surface area contributed by atoms with Crippen molar-refractivity contribution < 1.29 is 22.7 Å². The zero-order chi connectivity index (χ0) is 19.3. The van der Waals surface area contributed by atoms with Gasteiger partial charge >= 0.3 is 6.36 Å². The van der Waals surface area contributed by atoms with E-state index >= 15 is 0 Å². The molecule has 0 aliphatic carbocycles. The Morgan fingerprint density at radius 2 is 1.85 bits per heavy atom. The maximum atomic E-state index is 12.5. The summed E-state index contributed by atoms with van der Waals surface area (Å²) in [7, 11) is 0. The molecule has 3 aromatic rings. The summed E-state index contributed by atoms with van der Waals surface area (Å²) in [6.07, 6.45) is -3.60. The summed E-state index contributed by atoms with van der Waals surface area (Å²) in [4.78, 5) is 10.7. The van der Waals surface area contributed by atoms with Crippen molar-refractivity contribution in [1.29, 1.82) is 0 Å². The predicted molar refractivity (Wildman–Crippen MR) is 94.2 cm³/mol. The Bertz CT molecular complexity index is 908. The van der Waals surface area contributed by atoms with Crippen molar-refractivity contribution in [3.05, 3.63) is 66.2 Å². The number of carbonyl (C=O) groups excluding carboxylic acids is 1. The van der Waals surface area contributed by atoms with Crippen LogP contribution in [0, 0.1) is 0 Å². The molecule has 0 radical (unpaired) electrons. The van der Waals surface area contributed by atoms with Crippen molar-refractivity contribution >= 4 is 12.2 Å². The lowest BCUT2D eigenvalue weighted by atomic mass is 10.1. The van der Waals surface area contributed by atoms with Gasteiger partial charge in [0.25, 0.3) is 0 Å². The van der Waals surface area contributed by atoms with E-state index in [1.54, 1.807) is 16.8 Å².